The van der Waals surface area contributed by atoms with E-state index in [1.165, 1.54) is 23.1 Å². The van der Waals surface area contributed by atoms with Gasteiger partial charge in [0.15, 0.2) is 5.16 Å². The van der Waals surface area contributed by atoms with Gasteiger partial charge in [-0.2, -0.15) is 0 Å². The molecule has 4 rings (SSSR count). The van der Waals surface area contributed by atoms with Crippen LogP contribution in [0, 0.1) is 20.8 Å². The lowest BCUT2D eigenvalue weighted by molar-refractivity contribution is -0.115. The van der Waals surface area contributed by atoms with Crippen molar-refractivity contribution >= 4 is 44.9 Å². The minimum atomic E-state index is -0.420. The van der Waals surface area contributed by atoms with Crippen LogP contribution in [0.15, 0.2) is 58.5 Å². The molecule has 4 aromatic rings. The first-order valence-electron chi connectivity index (χ1n) is 9.97. The SMILES string of the molecule is Cc1ccc(NC(=O)C(C)Sc2nc3sc(C)c(-c4ccccc4)c3c(=O)[nH]2)c(C)c1. The van der Waals surface area contributed by atoms with E-state index in [4.69, 9.17) is 0 Å². The van der Waals surface area contributed by atoms with Crippen LogP contribution in [0.25, 0.3) is 21.3 Å². The molecule has 2 heterocycles. The van der Waals surface area contributed by atoms with Gasteiger partial charge in [-0.25, -0.2) is 4.98 Å². The minimum Gasteiger partial charge on any atom is -0.325 e. The number of thioether (sulfide) groups is 1. The van der Waals surface area contributed by atoms with Gasteiger partial charge in [0.05, 0.1) is 10.6 Å². The number of nitrogens with one attached hydrogen (secondary N) is 2. The van der Waals surface area contributed by atoms with Crippen molar-refractivity contribution in [1.29, 1.82) is 0 Å². The van der Waals surface area contributed by atoms with Gasteiger partial charge in [-0.15, -0.1) is 11.3 Å². The van der Waals surface area contributed by atoms with E-state index in [2.05, 4.69) is 15.3 Å². The molecule has 0 aliphatic heterocycles. The summed E-state index contributed by atoms with van der Waals surface area (Å²) >= 11 is 2.75. The number of thiophene rings is 1. The summed E-state index contributed by atoms with van der Waals surface area (Å²) in [7, 11) is 0. The maximum Gasteiger partial charge on any atom is 0.260 e. The number of H-pyrrole nitrogens is 1. The topological polar surface area (TPSA) is 74.8 Å². The molecule has 7 heteroatoms. The highest BCUT2D eigenvalue weighted by Gasteiger charge is 2.20. The van der Waals surface area contributed by atoms with Crippen molar-refractivity contribution in [3.63, 3.8) is 0 Å². The van der Waals surface area contributed by atoms with Crippen molar-refractivity contribution in [3.05, 3.63) is 74.9 Å². The van der Waals surface area contributed by atoms with Crippen molar-refractivity contribution < 1.29 is 4.79 Å². The molecule has 2 N–H and O–H groups in total. The second-order valence-corrected chi connectivity index (χ2v) is 10.1. The Labute approximate surface area is 188 Å². The van der Waals surface area contributed by atoms with Crippen LogP contribution in [0.4, 0.5) is 5.69 Å². The van der Waals surface area contributed by atoms with Gasteiger partial charge in [-0.05, 0) is 44.9 Å². The largest absolute Gasteiger partial charge is 0.325 e. The molecule has 0 aliphatic rings. The summed E-state index contributed by atoms with van der Waals surface area (Å²) in [5.74, 6) is -0.132. The molecular formula is C24H23N3O2S2. The monoisotopic (exact) mass is 449 g/mol. The molecule has 158 valence electrons. The van der Waals surface area contributed by atoms with Gasteiger partial charge in [0.1, 0.15) is 4.83 Å². The summed E-state index contributed by atoms with van der Waals surface area (Å²) in [5.41, 5.74) is 4.70. The number of hydrogen-bond acceptors (Lipinski definition) is 5. The first kappa shape index (κ1) is 21.3. The molecule has 2 aromatic carbocycles. The third-order valence-electron chi connectivity index (χ3n) is 5.08. The zero-order valence-electron chi connectivity index (χ0n) is 17.8. The molecule has 5 nitrogen and oxygen atoms in total. The lowest BCUT2D eigenvalue weighted by atomic mass is 10.0. The second kappa shape index (κ2) is 8.69. The standard InChI is InChI=1S/C24H23N3O2S2/c1-13-10-11-18(14(2)12-13)25-21(28)16(4)31-24-26-22(29)20-19(15(3)30-23(20)27-24)17-8-6-5-7-9-17/h5-12,16H,1-4H3,(H,25,28)(H,26,27,29). The summed E-state index contributed by atoms with van der Waals surface area (Å²) < 4.78 is 0. The van der Waals surface area contributed by atoms with Crippen molar-refractivity contribution in [1.82, 2.24) is 9.97 Å². The smallest absolute Gasteiger partial charge is 0.260 e. The maximum absolute atomic E-state index is 12.9. The Morgan fingerprint density at radius 3 is 2.58 bits per heavy atom. The molecule has 0 spiro atoms. The van der Waals surface area contributed by atoms with Crippen molar-refractivity contribution in [2.45, 2.75) is 38.1 Å². The van der Waals surface area contributed by atoms with Gasteiger partial charge < -0.3 is 10.3 Å². The molecule has 31 heavy (non-hydrogen) atoms. The summed E-state index contributed by atoms with van der Waals surface area (Å²) in [4.78, 5) is 34.9. The molecule has 0 saturated heterocycles. The van der Waals surface area contributed by atoms with E-state index in [1.54, 1.807) is 0 Å². The third-order valence-corrected chi connectivity index (χ3v) is 7.06. The van der Waals surface area contributed by atoms with Crippen LogP contribution in [0.3, 0.4) is 0 Å². The average molecular weight is 450 g/mol. The number of fused-ring (bicyclic) bond motifs is 1. The van der Waals surface area contributed by atoms with E-state index >= 15 is 0 Å². The number of aromatic nitrogens is 2. The first-order valence-corrected chi connectivity index (χ1v) is 11.7. The van der Waals surface area contributed by atoms with Crippen molar-refractivity contribution in [2.24, 2.45) is 0 Å². The summed E-state index contributed by atoms with van der Waals surface area (Å²) in [6.07, 6.45) is 0. The van der Waals surface area contributed by atoms with E-state index in [-0.39, 0.29) is 11.5 Å². The Kier molecular flexibility index (Phi) is 5.98. The average Bonchev–Trinajstić information content (AvgIpc) is 3.07. The van der Waals surface area contributed by atoms with Crippen LogP contribution in [-0.4, -0.2) is 21.1 Å². The maximum atomic E-state index is 12.9. The highest BCUT2D eigenvalue weighted by molar-refractivity contribution is 8.00. The van der Waals surface area contributed by atoms with Gasteiger partial charge in [-0.1, -0.05) is 59.8 Å². The fraction of sp³-hybridized carbons (Fsp3) is 0.208. The second-order valence-electron chi connectivity index (χ2n) is 7.52. The Bertz CT molecular complexity index is 1330. The number of anilines is 1. The quantitative estimate of drug-likeness (QED) is 0.303. The lowest BCUT2D eigenvalue weighted by Gasteiger charge is -2.13. The first-order chi connectivity index (χ1) is 14.8. The Balaban J connectivity index is 1.59. The number of carbonyl (C=O) groups is 1. The molecule has 0 bridgehead atoms. The highest BCUT2D eigenvalue weighted by Crippen LogP contribution is 2.36. The van der Waals surface area contributed by atoms with Gasteiger partial charge in [0.25, 0.3) is 5.56 Å². The predicted molar refractivity (Wildman–Crippen MR) is 130 cm³/mol. The summed E-state index contributed by atoms with van der Waals surface area (Å²) in [6.45, 7) is 7.80. The number of hydrogen-bond donors (Lipinski definition) is 2. The third kappa shape index (κ3) is 4.43. The van der Waals surface area contributed by atoms with Crippen LogP contribution in [0.5, 0.6) is 0 Å². The molecule has 2 aromatic heterocycles. The van der Waals surface area contributed by atoms with E-state index < -0.39 is 5.25 Å². The fourth-order valence-corrected chi connectivity index (χ4v) is 5.42. The Morgan fingerprint density at radius 2 is 1.87 bits per heavy atom. The van der Waals surface area contributed by atoms with Crippen LogP contribution in [0.1, 0.15) is 22.9 Å². The number of aromatic amines is 1. The van der Waals surface area contributed by atoms with Crippen LogP contribution < -0.4 is 10.9 Å². The molecule has 0 aliphatic carbocycles. The van der Waals surface area contributed by atoms with E-state index in [0.717, 1.165) is 32.8 Å². The van der Waals surface area contributed by atoms with E-state index in [9.17, 15) is 9.59 Å². The number of nitrogens with zero attached hydrogens (tertiary/aromatic N) is 1. The van der Waals surface area contributed by atoms with Crippen molar-refractivity contribution in [3.8, 4) is 11.1 Å². The number of aryl methyl sites for hydroxylation is 3. The van der Waals surface area contributed by atoms with E-state index in [1.807, 2.05) is 76.2 Å². The zero-order valence-corrected chi connectivity index (χ0v) is 19.4. The molecular weight excluding hydrogens is 426 g/mol. The normalized spacial score (nSPS) is 12.1. The molecule has 0 saturated carbocycles. The van der Waals surface area contributed by atoms with Gasteiger partial charge in [-0.3, -0.25) is 9.59 Å². The van der Waals surface area contributed by atoms with Crippen LogP contribution in [-0.2, 0) is 4.79 Å². The lowest BCUT2D eigenvalue weighted by Crippen LogP contribution is -2.23. The molecule has 0 radical (unpaired) electrons. The molecule has 1 amide bonds. The van der Waals surface area contributed by atoms with Crippen molar-refractivity contribution in [2.75, 3.05) is 5.32 Å². The highest BCUT2D eigenvalue weighted by atomic mass is 32.2. The Hall–Kier alpha value is -2.90. The predicted octanol–water partition coefficient (Wildman–Crippen LogP) is 5.70. The minimum absolute atomic E-state index is 0.132. The molecule has 0 fully saturated rings. The zero-order chi connectivity index (χ0) is 22.1. The van der Waals surface area contributed by atoms with Gasteiger partial charge >= 0.3 is 0 Å². The number of rotatable bonds is 5. The summed E-state index contributed by atoms with van der Waals surface area (Å²) in [6, 6.07) is 15.8. The molecule has 1 atom stereocenters. The summed E-state index contributed by atoms with van der Waals surface area (Å²) in [5, 5.41) is 3.59. The van der Waals surface area contributed by atoms with Gasteiger partial charge in [0, 0.05) is 16.1 Å². The van der Waals surface area contributed by atoms with Crippen LogP contribution in [0.2, 0.25) is 0 Å². The fourth-order valence-electron chi connectivity index (χ4n) is 3.52. The Morgan fingerprint density at radius 1 is 1.13 bits per heavy atom. The van der Waals surface area contributed by atoms with Gasteiger partial charge in [0.2, 0.25) is 5.91 Å². The number of amides is 1. The van der Waals surface area contributed by atoms with Crippen LogP contribution >= 0.6 is 23.1 Å². The van der Waals surface area contributed by atoms with E-state index in [0.29, 0.717) is 15.4 Å². The number of benzene rings is 2. The number of carbonyl (C=O) groups excluding carboxylic acids is 1. The molecule has 1 unspecified atom stereocenters.